The fourth-order valence-electron chi connectivity index (χ4n) is 4.02. The van der Waals surface area contributed by atoms with Gasteiger partial charge in [-0.15, -0.1) is 0 Å². The number of carbonyl (C=O) groups excluding carboxylic acids is 1. The molecule has 1 saturated carbocycles. The Morgan fingerprint density at radius 3 is 2.57 bits per heavy atom. The van der Waals surface area contributed by atoms with E-state index in [1.54, 1.807) is 11.0 Å². The summed E-state index contributed by atoms with van der Waals surface area (Å²) < 4.78 is 17.8. The molecule has 1 aromatic heterocycles. The molecule has 30 heavy (non-hydrogen) atoms. The van der Waals surface area contributed by atoms with Gasteiger partial charge in [0.25, 0.3) is 0 Å². The molecule has 3 aliphatic rings. The molecule has 0 N–H and O–H groups in total. The second-order valence-corrected chi connectivity index (χ2v) is 14.9. The molecule has 0 bridgehead atoms. The summed E-state index contributed by atoms with van der Waals surface area (Å²) in [7, 11) is -1.97. The molecular weight excluding hydrogens is 424 g/mol. The minimum absolute atomic E-state index is 0.0825. The van der Waals surface area contributed by atoms with Gasteiger partial charge in [-0.25, -0.2) is 9.78 Å². The molecule has 1 aliphatic carbocycles. The molecule has 1 unspecified atom stereocenters. The van der Waals surface area contributed by atoms with E-state index in [9.17, 15) is 4.79 Å². The zero-order chi connectivity index (χ0) is 21.7. The minimum atomic E-state index is -1.97. The van der Waals surface area contributed by atoms with Gasteiger partial charge < -0.3 is 18.8 Å². The number of ether oxygens (including phenoxy) is 2. The van der Waals surface area contributed by atoms with Crippen LogP contribution < -0.4 is 9.80 Å². The number of fused-ring (bicyclic) bond motifs is 1. The van der Waals surface area contributed by atoms with Crippen LogP contribution in [0.1, 0.15) is 33.6 Å². The summed E-state index contributed by atoms with van der Waals surface area (Å²) in [6, 6.07) is 1.53. The molecule has 2 saturated heterocycles. The van der Waals surface area contributed by atoms with Crippen molar-refractivity contribution in [2.45, 2.75) is 70.0 Å². The summed E-state index contributed by atoms with van der Waals surface area (Å²) >= 11 is 6.30. The van der Waals surface area contributed by atoms with Crippen molar-refractivity contribution in [1.82, 2.24) is 9.97 Å². The van der Waals surface area contributed by atoms with Crippen molar-refractivity contribution < 1.29 is 18.7 Å². The lowest BCUT2D eigenvalue weighted by Crippen LogP contribution is -2.47. The number of hydrogen-bond donors (Lipinski definition) is 0. The molecule has 1 amide bonds. The second-order valence-electron chi connectivity index (χ2n) is 9.73. The van der Waals surface area contributed by atoms with Crippen LogP contribution in [0.2, 0.25) is 23.3 Å². The Morgan fingerprint density at radius 1 is 1.20 bits per heavy atom. The molecule has 10 heteroatoms. The van der Waals surface area contributed by atoms with Gasteiger partial charge in [0.2, 0.25) is 5.95 Å². The highest BCUT2D eigenvalue weighted by Gasteiger charge is 2.54. The predicted octanol–water partition coefficient (Wildman–Crippen LogP) is 3.84. The normalized spacial score (nSPS) is 27.4. The molecule has 0 radical (unpaired) electrons. The summed E-state index contributed by atoms with van der Waals surface area (Å²) in [6.45, 7) is 13.7. The molecule has 0 spiro atoms. The third-order valence-electron chi connectivity index (χ3n) is 6.72. The molecule has 8 nitrogen and oxygen atoms in total. The van der Waals surface area contributed by atoms with Crippen LogP contribution in [0.5, 0.6) is 0 Å². The van der Waals surface area contributed by atoms with E-state index in [1.165, 1.54) is 0 Å². The number of aromatic nitrogens is 2. The molecule has 0 aromatic carbocycles. The molecule has 3 fully saturated rings. The Balaban J connectivity index is 1.56. The van der Waals surface area contributed by atoms with Crippen molar-refractivity contribution in [2.75, 3.05) is 36.1 Å². The maximum Gasteiger partial charge on any atom is 0.416 e. The smallest absolute Gasteiger partial charge is 0.416 e. The number of rotatable bonds is 4. The van der Waals surface area contributed by atoms with E-state index in [0.717, 1.165) is 12.8 Å². The third kappa shape index (κ3) is 4.04. The predicted molar refractivity (Wildman–Crippen MR) is 118 cm³/mol. The highest BCUT2D eigenvalue weighted by atomic mass is 35.5. The van der Waals surface area contributed by atoms with Crippen LogP contribution in [0, 0.1) is 0 Å². The maximum atomic E-state index is 12.8. The van der Waals surface area contributed by atoms with Crippen LogP contribution >= 0.6 is 11.6 Å². The van der Waals surface area contributed by atoms with Gasteiger partial charge in [-0.1, -0.05) is 32.4 Å². The van der Waals surface area contributed by atoms with Crippen molar-refractivity contribution in [2.24, 2.45) is 0 Å². The first-order chi connectivity index (χ1) is 14.1. The van der Waals surface area contributed by atoms with Crippen molar-refractivity contribution >= 4 is 37.8 Å². The monoisotopic (exact) mass is 454 g/mol. The Kier molecular flexibility index (Phi) is 5.76. The van der Waals surface area contributed by atoms with E-state index in [0.29, 0.717) is 43.2 Å². The van der Waals surface area contributed by atoms with Crippen LogP contribution in [-0.2, 0) is 13.9 Å². The van der Waals surface area contributed by atoms with E-state index in [2.05, 4.69) is 43.8 Å². The summed E-state index contributed by atoms with van der Waals surface area (Å²) in [5.74, 6) is 1.01. The Morgan fingerprint density at radius 2 is 1.90 bits per heavy atom. The molecule has 4 rings (SSSR count). The lowest BCUT2D eigenvalue weighted by Gasteiger charge is -2.39. The first kappa shape index (κ1) is 21.8. The maximum absolute atomic E-state index is 12.8. The summed E-state index contributed by atoms with van der Waals surface area (Å²) in [5.41, 5.74) is 0. The number of anilines is 2. The van der Waals surface area contributed by atoms with Gasteiger partial charge in [0.1, 0.15) is 17.1 Å². The minimum Gasteiger partial charge on any atom is -0.441 e. The first-order valence-electron chi connectivity index (χ1n) is 10.6. The van der Waals surface area contributed by atoms with Crippen molar-refractivity contribution in [3.05, 3.63) is 11.2 Å². The molecule has 3 heterocycles. The quantitative estimate of drug-likeness (QED) is 0.505. The number of nitrogens with zero attached hydrogens (tertiary/aromatic N) is 4. The van der Waals surface area contributed by atoms with Gasteiger partial charge in [0.15, 0.2) is 8.32 Å². The van der Waals surface area contributed by atoms with Gasteiger partial charge >= 0.3 is 6.09 Å². The van der Waals surface area contributed by atoms with Crippen molar-refractivity contribution in [1.29, 1.82) is 0 Å². The number of hydrogen-bond acceptors (Lipinski definition) is 7. The third-order valence-corrected chi connectivity index (χ3v) is 11.4. The zero-order valence-corrected chi connectivity index (χ0v) is 20.1. The largest absolute Gasteiger partial charge is 0.441 e. The Bertz CT molecular complexity index is 812. The van der Waals surface area contributed by atoms with Crippen LogP contribution in [0.15, 0.2) is 6.07 Å². The second kappa shape index (κ2) is 7.92. The molecule has 2 aliphatic heterocycles. The van der Waals surface area contributed by atoms with Gasteiger partial charge in [0.05, 0.1) is 25.4 Å². The van der Waals surface area contributed by atoms with Gasteiger partial charge in [-0.3, -0.25) is 4.90 Å². The van der Waals surface area contributed by atoms with Gasteiger partial charge in [-0.05, 0) is 31.0 Å². The van der Waals surface area contributed by atoms with Crippen LogP contribution in [-0.4, -0.2) is 68.9 Å². The zero-order valence-electron chi connectivity index (χ0n) is 18.4. The van der Waals surface area contributed by atoms with E-state index in [-0.39, 0.29) is 23.3 Å². The summed E-state index contributed by atoms with van der Waals surface area (Å²) in [5, 5.41) is 0.408. The summed E-state index contributed by atoms with van der Waals surface area (Å²) in [4.78, 5) is 25.5. The molecule has 166 valence electrons. The van der Waals surface area contributed by atoms with E-state index >= 15 is 0 Å². The van der Waals surface area contributed by atoms with Gasteiger partial charge in [-0.2, -0.15) is 4.98 Å². The van der Waals surface area contributed by atoms with Gasteiger partial charge in [0, 0.05) is 19.2 Å². The topological polar surface area (TPSA) is 77.0 Å². The molecule has 3 atom stereocenters. The fourth-order valence-corrected chi connectivity index (χ4v) is 5.55. The Hall–Kier alpha value is -1.42. The lowest BCUT2D eigenvalue weighted by atomic mass is 10.2. The number of carbonyl (C=O) groups is 1. The van der Waals surface area contributed by atoms with E-state index < -0.39 is 14.4 Å². The van der Waals surface area contributed by atoms with Crippen LogP contribution in [0.3, 0.4) is 0 Å². The average Bonchev–Trinajstić information content (AvgIpc) is 3.19. The van der Waals surface area contributed by atoms with Crippen LogP contribution in [0.25, 0.3) is 0 Å². The number of halogens is 1. The first-order valence-corrected chi connectivity index (χ1v) is 13.9. The average molecular weight is 455 g/mol. The SMILES string of the molecule is CC(C)(C)[Si](C)(C)O[C@@H]1CCC2[C@H]1OC(=O)N2c1cc(Cl)nc(N2CCOCC2)n1. The lowest BCUT2D eigenvalue weighted by molar-refractivity contribution is 0.0496. The highest BCUT2D eigenvalue weighted by molar-refractivity contribution is 6.74. The van der Waals surface area contributed by atoms with E-state index in [1.807, 2.05) is 4.90 Å². The molecule has 1 aromatic rings. The van der Waals surface area contributed by atoms with Crippen LogP contribution in [0.4, 0.5) is 16.6 Å². The Labute approximate surface area is 184 Å². The number of morpholine rings is 1. The molecular formula is C20H31ClN4O4Si. The van der Waals surface area contributed by atoms with Crippen molar-refractivity contribution in [3.63, 3.8) is 0 Å². The highest BCUT2D eigenvalue weighted by Crippen LogP contribution is 2.43. The van der Waals surface area contributed by atoms with Crippen molar-refractivity contribution in [3.8, 4) is 0 Å². The fraction of sp³-hybridized carbons (Fsp3) is 0.750. The standard InChI is InChI=1S/C20H31ClN4O4Si/c1-20(2,3)30(4,5)29-14-7-6-13-17(14)28-19(26)25(13)16-12-15(21)22-18(23-16)24-8-10-27-11-9-24/h12-14,17H,6-11H2,1-5H3/t13?,14-,17-/m1/s1. The van der Waals surface area contributed by atoms with E-state index in [4.69, 9.17) is 25.5 Å². The summed E-state index contributed by atoms with van der Waals surface area (Å²) in [6.07, 6.45) is 0.912. The number of amides is 1.